The van der Waals surface area contributed by atoms with E-state index in [0.717, 1.165) is 69.5 Å². The largest absolute Gasteiger partial charge is 0.416 e. The molecule has 2 aliphatic heterocycles. The Balaban J connectivity index is 1.33. The minimum atomic E-state index is -4.95. The third-order valence-electron chi connectivity index (χ3n) is 10.3. The lowest BCUT2D eigenvalue weighted by Gasteiger charge is -2.43. The fraction of sp³-hybridized carbons (Fsp3) is 0.629. The summed E-state index contributed by atoms with van der Waals surface area (Å²) in [6.07, 6.45) is -0.566. The van der Waals surface area contributed by atoms with Crippen LogP contribution in [0.15, 0.2) is 42.5 Å². The van der Waals surface area contributed by atoms with Crippen molar-refractivity contribution in [2.75, 3.05) is 45.8 Å². The maximum Gasteiger partial charge on any atom is 0.416 e. The van der Waals surface area contributed by atoms with Gasteiger partial charge in [0.15, 0.2) is 0 Å². The van der Waals surface area contributed by atoms with Crippen LogP contribution in [0.25, 0.3) is 0 Å². The van der Waals surface area contributed by atoms with E-state index in [0.29, 0.717) is 31.3 Å². The van der Waals surface area contributed by atoms with Crippen LogP contribution in [0, 0.1) is 6.92 Å². The van der Waals surface area contributed by atoms with Crippen molar-refractivity contribution in [2.45, 2.75) is 94.9 Å². The van der Waals surface area contributed by atoms with Crippen molar-refractivity contribution in [3.05, 3.63) is 70.3 Å². The first kappa shape index (κ1) is 33.8. The average Bonchev–Trinajstić information content (AvgIpc) is 3.24. The summed E-state index contributed by atoms with van der Waals surface area (Å²) >= 11 is 0. The first-order valence-electron chi connectivity index (χ1n) is 16.4. The molecule has 2 saturated heterocycles. The predicted molar refractivity (Wildman–Crippen MR) is 163 cm³/mol. The first-order valence-corrected chi connectivity index (χ1v) is 16.4. The fourth-order valence-electron chi connectivity index (χ4n) is 7.57. The molecule has 0 unspecified atom stereocenters. The number of rotatable bonds is 7. The van der Waals surface area contributed by atoms with E-state index >= 15 is 0 Å². The number of piperazine rings is 1. The Bertz CT molecular complexity index is 1250. The second-order valence-corrected chi connectivity index (χ2v) is 13.4. The summed E-state index contributed by atoms with van der Waals surface area (Å²) in [5, 5.41) is 0. The molecule has 2 aromatic rings. The summed E-state index contributed by atoms with van der Waals surface area (Å²) in [6.45, 7) is 7.83. The lowest BCUT2D eigenvalue weighted by Crippen LogP contribution is -2.52. The number of nitrogens with zero attached hydrogens (tertiary/aromatic N) is 3. The molecule has 0 aromatic heterocycles. The van der Waals surface area contributed by atoms with E-state index in [1.54, 1.807) is 4.90 Å². The van der Waals surface area contributed by atoms with Crippen molar-refractivity contribution in [1.29, 1.82) is 0 Å². The molecule has 3 fully saturated rings. The summed E-state index contributed by atoms with van der Waals surface area (Å²) < 4.78 is 80.9. The predicted octanol–water partition coefficient (Wildman–Crippen LogP) is 7.87. The molecule has 0 N–H and O–H groups in total. The molecule has 5 rings (SSSR count). The van der Waals surface area contributed by atoms with Crippen molar-refractivity contribution < 1.29 is 31.1 Å². The van der Waals surface area contributed by atoms with E-state index in [1.807, 2.05) is 6.92 Å². The minimum Gasteiger partial charge on any atom is -0.342 e. The molecule has 248 valence electrons. The van der Waals surface area contributed by atoms with Crippen LogP contribution in [0.1, 0.15) is 85.6 Å². The van der Waals surface area contributed by atoms with E-state index in [2.05, 4.69) is 34.1 Å². The van der Waals surface area contributed by atoms with Gasteiger partial charge >= 0.3 is 12.4 Å². The molecule has 1 atom stereocenters. The zero-order valence-electron chi connectivity index (χ0n) is 26.2. The van der Waals surface area contributed by atoms with Crippen molar-refractivity contribution in [2.24, 2.45) is 0 Å². The van der Waals surface area contributed by atoms with E-state index in [1.165, 1.54) is 32.1 Å². The highest BCUT2D eigenvalue weighted by Gasteiger charge is 2.40. The lowest BCUT2D eigenvalue weighted by atomic mass is 9.73. The smallest absolute Gasteiger partial charge is 0.342 e. The van der Waals surface area contributed by atoms with Gasteiger partial charge in [-0.3, -0.25) is 9.69 Å². The van der Waals surface area contributed by atoms with Crippen LogP contribution < -0.4 is 0 Å². The van der Waals surface area contributed by atoms with E-state index in [-0.39, 0.29) is 17.0 Å². The van der Waals surface area contributed by atoms with Crippen molar-refractivity contribution in [3.63, 3.8) is 0 Å². The Labute approximate surface area is 262 Å². The molecular weight excluding hydrogens is 592 g/mol. The molecule has 1 saturated carbocycles. The molecule has 0 spiro atoms. The summed E-state index contributed by atoms with van der Waals surface area (Å²) in [4.78, 5) is 20.5. The van der Waals surface area contributed by atoms with Crippen LogP contribution in [0.2, 0.25) is 0 Å². The minimum absolute atomic E-state index is 0.108. The van der Waals surface area contributed by atoms with Gasteiger partial charge in [0.1, 0.15) is 0 Å². The lowest BCUT2D eigenvalue weighted by molar-refractivity contribution is -0.143. The van der Waals surface area contributed by atoms with Gasteiger partial charge in [-0.2, -0.15) is 26.3 Å². The molecule has 1 aliphatic carbocycles. The first-order chi connectivity index (χ1) is 21.3. The highest BCUT2D eigenvalue weighted by molar-refractivity contribution is 5.79. The molecule has 0 radical (unpaired) electrons. The molecule has 10 heteroatoms. The van der Waals surface area contributed by atoms with Crippen LogP contribution in [0.5, 0.6) is 0 Å². The monoisotopic (exact) mass is 637 g/mol. The summed E-state index contributed by atoms with van der Waals surface area (Å²) in [6, 6.07) is 10.5. The van der Waals surface area contributed by atoms with Gasteiger partial charge in [-0.15, -0.1) is 0 Å². The number of amides is 1. The van der Waals surface area contributed by atoms with Crippen LogP contribution in [0.4, 0.5) is 26.3 Å². The Morgan fingerprint density at radius 3 is 2.02 bits per heavy atom. The van der Waals surface area contributed by atoms with Crippen molar-refractivity contribution >= 4 is 5.91 Å². The fourth-order valence-corrected chi connectivity index (χ4v) is 7.57. The van der Waals surface area contributed by atoms with Crippen LogP contribution in [-0.4, -0.2) is 72.5 Å². The highest BCUT2D eigenvalue weighted by Crippen LogP contribution is 2.39. The summed E-state index contributed by atoms with van der Waals surface area (Å²) in [7, 11) is 0. The van der Waals surface area contributed by atoms with Crippen LogP contribution in [0.3, 0.4) is 0 Å². The number of aryl methyl sites for hydroxylation is 1. The number of hydrogen-bond acceptors (Lipinski definition) is 3. The third kappa shape index (κ3) is 8.61. The molecule has 4 nitrogen and oxygen atoms in total. The van der Waals surface area contributed by atoms with Crippen LogP contribution in [-0.2, 0) is 29.0 Å². The maximum absolute atomic E-state index is 13.7. The van der Waals surface area contributed by atoms with Crippen LogP contribution >= 0.6 is 0 Å². The number of carbonyl (C=O) groups excluding carboxylic acids is 1. The average molecular weight is 638 g/mol. The topological polar surface area (TPSA) is 26.8 Å². The van der Waals surface area contributed by atoms with E-state index in [9.17, 15) is 31.1 Å². The number of likely N-dealkylation sites (tertiary alicyclic amines) is 1. The zero-order valence-corrected chi connectivity index (χ0v) is 26.2. The van der Waals surface area contributed by atoms with Crippen molar-refractivity contribution in [1.82, 2.24) is 14.7 Å². The summed E-state index contributed by atoms with van der Waals surface area (Å²) in [5.41, 5.74) is -1.16. The third-order valence-corrected chi connectivity index (χ3v) is 10.3. The molecular formula is C35H45F6N3O. The molecule has 3 aliphatic rings. The van der Waals surface area contributed by atoms with Gasteiger partial charge in [0.2, 0.25) is 5.91 Å². The molecule has 2 heterocycles. The summed E-state index contributed by atoms with van der Waals surface area (Å²) in [5.74, 6) is -0.443. The van der Waals surface area contributed by atoms with Gasteiger partial charge in [-0.05, 0) is 74.9 Å². The van der Waals surface area contributed by atoms with Gasteiger partial charge in [-0.1, -0.05) is 55.5 Å². The molecule has 0 bridgehead atoms. The second kappa shape index (κ2) is 14.0. The van der Waals surface area contributed by atoms with Gasteiger partial charge in [0.05, 0.1) is 17.5 Å². The van der Waals surface area contributed by atoms with Crippen molar-refractivity contribution in [3.8, 4) is 0 Å². The quantitative estimate of drug-likeness (QED) is 0.289. The molecule has 1 amide bonds. The maximum atomic E-state index is 13.7. The highest BCUT2D eigenvalue weighted by atomic mass is 19.4. The number of alkyl halides is 6. The van der Waals surface area contributed by atoms with Gasteiger partial charge in [0, 0.05) is 50.7 Å². The normalized spacial score (nSPS) is 23.2. The molecule has 45 heavy (non-hydrogen) atoms. The number of benzene rings is 2. The Kier molecular flexibility index (Phi) is 10.5. The Morgan fingerprint density at radius 2 is 1.42 bits per heavy atom. The SMILES string of the molecule is Cc1ccc([C@@]2(CCN3CCN(C4CCCCC4)CC3)CCCCN(C(=O)Cc3cc(C(F)(F)F)cc(C(F)(F)F)c3)C2)cc1. The Hall–Kier alpha value is -2.59. The van der Waals surface area contributed by atoms with Gasteiger partial charge in [0.25, 0.3) is 0 Å². The Morgan fingerprint density at radius 1 is 0.800 bits per heavy atom. The zero-order chi connectivity index (χ0) is 32.2. The molecule has 2 aromatic carbocycles. The van der Waals surface area contributed by atoms with E-state index in [4.69, 9.17) is 0 Å². The number of halogens is 6. The standard InChI is InChI=1S/C35H45F6N3O/c1-26-9-11-28(12-10-26)33(14-16-42-17-19-43(20-18-42)31-7-3-2-4-8-31)13-5-6-15-44(25-33)32(45)23-27-21-29(34(36,37)38)24-30(22-27)35(39,40)41/h9-12,21-22,24,31H,2-8,13-20,23,25H2,1H3/t33-/m1/s1. The van der Waals surface area contributed by atoms with E-state index < -0.39 is 35.8 Å². The number of carbonyl (C=O) groups is 1. The van der Waals surface area contributed by atoms with Gasteiger partial charge in [-0.25, -0.2) is 0 Å². The number of hydrogen-bond donors (Lipinski definition) is 0. The second-order valence-electron chi connectivity index (χ2n) is 13.4. The van der Waals surface area contributed by atoms with Gasteiger partial charge < -0.3 is 9.80 Å².